The molecule has 152 valence electrons. The van der Waals surface area contributed by atoms with E-state index in [2.05, 4.69) is 25.7 Å². The van der Waals surface area contributed by atoms with Gasteiger partial charge in [-0.15, -0.1) is 0 Å². The van der Waals surface area contributed by atoms with Gasteiger partial charge in [-0.3, -0.25) is 0 Å². The Morgan fingerprint density at radius 1 is 0.964 bits per heavy atom. The Labute approximate surface area is 168 Å². The number of carboxylic acid groups (broad SMARTS) is 1. The Balaban J connectivity index is 0.000000480. The summed E-state index contributed by atoms with van der Waals surface area (Å²) in [5, 5.41) is 8.88. The SMILES string of the molecule is CCN(CC)CC.CO/C(=C\c1ccc(OCc2ccccc2)cc1)C(=O)O. The molecule has 0 aliphatic heterocycles. The summed E-state index contributed by atoms with van der Waals surface area (Å²) in [5.41, 5.74) is 1.83. The monoisotopic (exact) mass is 385 g/mol. The lowest BCUT2D eigenvalue weighted by molar-refractivity contribution is -0.135. The first-order valence-electron chi connectivity index (χ1n) is 9.52. The molecule has 2 aromatic carbocycles. The van der Waals surface area contributed by atoms with Gasteiger partial charge in [-0.05, 0) is 49.0 Å². The van der Waals surface area contributed by atoms with Crippen molar-refractivity contribution >= 4 is 12.0 Å². The summed E-state index contributed by atoms with van der Waals surface area (Å²) in [7, 11) is 1.33. The molecule has 0 heterocycles. The van der Waals surface area contributed by atoms with Crippen molar-refractivity contribution in [2.24, 2.45) is 0 Å². The smallest absolute Gasteiger partial charge is 0.371 e. The minimum Gasteiger partial charge on any atom is -0.490 e. The van der Waals surface area contributed by atoms with Crippen LogP contribution in [0, 0.1) is 0 Å². The van der Waals surface area contributed by atoms with Crippen LogP contribution in [0.5, 0.6) is 5.75 Å². The maximum atomic E-state index is 10.8. The van der Waals surface area contributed by atoms with E-state index < -0.39 is 5.97 Å². The van der Waals surface area contributed by atoms with E-state index in [9.17, 15) is 4.79 Å². The van der Waals surface area contributed by atoms with Gasteiger partial charge < -0.3 is 19.5 Å². The summed E-state index contributed by atoms with van der Waals surface area (Å²) >= 11 is 0. The Hall–Kier alpha value is -2.79. The van der Waals surface area contributed by atoms with Gasteiger partial charge >= 0.3 is 5.97 Å². The predicted molar refractivity (Wildman–Crippen MR) is 113 cm³/mol. The number of benzene rings is 2. The lowest BCUT2D eigenvalue weighted by Gasteiger charge is -2.13. The number of nitrogens with zero attached hydrogens (tertiary/aromatic N) is 1. The summed E-state index contributed by atoms with van der Waals surface area (Å²) < 4.78 is 10.4. The van der Waals surface area contributed by atoms with E-state index in [0.717, 1.165) is 16.9 Å². The first-order valence-corrected chi connectivity index (χ1v) is 9.52. The molecule has 0 aliphatic rings. The van der Waals surface area contributed by atoms with Crippen LogP contribution in [0.4, 0.5) is 0 Å². The molecule has 2 aromatic rings. The van der Waals surface area contributed by atoms with Crippen LogP contribution < -0.4 is 4.74 Å². The third-order valence-electron chi connectivity index (χ3n) is 4.20. The Bertz CT molecular complexity index is 702. The number of carboxylic acids is 1. The minimum absolute atomic E-state index is 0.104. The van der Waals surface area contributed by atoms with Crippen LogP contribution in [0.2, 0.25) is 0 Å². The molecule has 0 saturated carbocycles. The first kappa shape index (κ1) is 23.2. The molecule has 0 aromatic heterocycles. The van der Waals surface area contributed by atoms with Crippen LogP contribution in [0.3, 0.4) is 0 Å². The van der Waals surface area contributed by atoms with Gasteiger partial charge in [-0.2, -0.15) is 0 Å². The van der Waals surface area contributed by atoms with Gasteiger partial charge in [0.1, 0.15) is 12.4 Å². The second kappa shape index (κ2) is 13.4. The molecular weight excluding hydrogens is 354 g/mol. The van der Waals surface area contributed by atoms with Crippen molar-refractivity contribution in [2.75, 3.05) is 26.7 Å². The van der Waals surface area contributed by atoms with Gasteiger partial charge in [0.05, 0.1) is 7.11 Å². The molecule has 2 rings (SSSR count). The fourth-order valence-electron chi connectivity index (χ4n) is 2.43. The maximum absolute atomic E-state index is 10.8. The van der Waals surface area contributed by atoms with Crippen LogP contribution in [0.15, 0.2) is 60.4 Å². The molecule has 5 nitrogen and oxygen atoms in total. The summed E-state index contributed by atoms with van der Waals surface area (Å²) in [6, 6.07) is 17.0. The van der Waals surface area contributed by atoms with E-state index in [0.29, 0.717) is 6.61 Å². The van der Waals surface area contributed by atoms with Crippen molar-refractivity contribution in [3.05, 3.63) is 71.5 Å². The standard InChI is InChI=1S/C17H16O4.C6H15N/c1-20-16(17(18)19)11-13-7-9-15(10-8-13)21-12-14-5-3-2-4-6-14;1-4-7(5-2)6-3/h2-11H,12H2,1H3,(H,18,19);4-6H2,1-3H3/b16-11-;. The third kappa shape index (κ3) is 8.73. The van der Waals surface area contributed by atoms with Crippen molar-refractivity contribution in [3.63, 3.8) is 0 Å². The van der Waals surface area contributed by atoms with Gasteiger partial charge in [0, 0.05) is 0 Å². The van der Waals surface area contributed by atoms with Crippen LogP contribution in [-0.4, -0.2) is 42.7 Å². The second-order valence-corrected chi connectivity index (χ2v) is 5.98. The molecule has 0 bridgehead atoms. The number of methoxy groups -OCH3 is 1. The number of rotatable bonds is 9. The molecule has 0 unspecified atom stereocenters. The molecule has 0 amide bonds. The van der Waals surface area contributed by atoms with E-state index in [4.69, 9.17) is 14.6 Å². The van der Waals surface area contributed by atoms with E-state index in [1.165, 1.54) is 32.8 Å². The fourth-order valence-corrected chi connectivity index (χ4v) is 2.43. The highest BCUT2D eigenvalue weighted by Crippen LogP contribution is 2.16. The number of aliphatic carboxylic acids is 1. The number of carbonyl (C=O) groups is 1. The van der Waals surface area contributed by atoms with Gasteiger partial charge in [0.2, 0.25) is 5.76 Å². The van der Waals surface area contributed by atoms with Crippen molar-refractivity contribution in [1.82, 2.24) is 4.90 Å². The minimum atomic E-state index is -1.10. The molecule has 0 spiro atoms. The van der Waals surface area contributed by atoms with Gasteiger partial charge in [0.15, 0.2) is 0 Å². The van der Waals surface area contributed by atoms with E-state index in [1.807, 2.05) is 30.3 Å². The summed E-state index contributed by atoms with van der Waals surface area (Å²) in [5.74, 6) is -0.472. The molecule has 0 aliphatic carbocycles. The summed E-state index contributed by atoms with van der Waals surface area (Å²) in [6.07, 6.45) is 1.46. The zero-order valence-electron chi connectivity index (χ0n) is 17.2. The number of ether oxygens (including phenoxy) is 2. The fraction of sp³-hybridized carbons (Fsp3) is 0.348. The average molecular weight is 386 g/mol. The highest BCUT2D eigenvalue weighted by atomic mass is 16.5. The van der Waals surface area contributed by atoms with Crippen molar-refractivity contribution in [1.29, 1.82) is 0 Å². The topological polar surface area (TPSA) is 59.0 Å². The second-order valence-electron chi connectivity index (χ2n) is 5.98. The Morgan fingerprint density at radius 2 is 1.54 bits per heavy atom. The molecular formula is C23H31NO4. The zero-order valence-corrected chi connectivity index (χ0v) is 17.2. The van der Waals surface area contributed by atoms with Crippen LogP contribution >= 0.6 is 0 Å². The highest BCUT2D eigenvalue weighted by molar-refractivity contribution is 5.89. The van der Waals surface area contributed by atoms with Crippen molar-refractivity contribution in [3.8, 4) is 5.75 Å². The highest BCUT2D eigenvalue weighted by Gasteiger charge is 2.06. The van der Waals surface area contributed by atoms with E-state index in [-0.39, 0.29) is 5.76 Å². The molecule has 0 saturated heterocycles. The van der Waals surface area contributed by atoms with Crippen LogP contribution in [-0.2, 0) is 16.1 Å². The molecule has 1 N–H and O–H groups in total. The van der Waals surface area contributed by atoms with Gasteiger partial charge in [-0.1, -0.05) is 63.2 Å². The first-order chi connectivity index (χ1) is 13.5. The summed E-state index contributed by atoms with van der Waals surface area (Å²) in [6.45, 7) is 10.6. The van der Waals surface area contributed by atoms with E-state index >= 15 is 0 Å². The predicted octanol–water partition coefficient (Wildman–Crippen LogP) is 4.69. The summed E-state index contributed by atoms with van der Waals surface area (Å²) in [4.78, 5) is 13.2. The Morgan fingerprint density at radius 3 is 1.96 bits per heavy atom. The maximum Gasteiger partial charge on any atom is 0.371 e. The lowest BCUT2D eigenvalue weighted by atomic mass is 10.2. The van der Waals surface area contributed by atoms with Crippen molar-refractivity contribution in [2.45, 2.75) is 27.4 Å². The normalized spacial score (nSPS) is 10.8. The average Bonchev–Trinajstić information content (AvgIpc) is 2.73. The Kier molecular flexibility index (Phi) is 11.1. The zero-order chi connectivity index (χ0) is 20.8. The quantitative estimate of drug-likeness (QED) is 0.501. The third-order valence-corrected chi connectivity index (χ3v) is 4.20. The molecule has 5 heteroatoms. The van der Waals surface area contributed by atoms with Gasteiger partial charge in [0.25, 0.3) is 0 Å². The number of hydrogen-bond acceptors (Lipinski definition) is 4. The molecule has 28 heavy (non-hydrogen) atoms. The van der Waals surface area contributed by atoms with E-state index in [1.54, 1.807) is 24.3 Å². The lowest BCUT2D eigenvalue weighted by Crippen LogP contribution is -2.21. The molecule has 0 radical (unpaired) electrons. The molecule has 0 fully saturated rings. The van der Waals surface area contributed by atoms with Crippen LogP contribution in [0.25, 0.3) is 6.08 Å². The largest absolute Gasteiger partial charge is 0.490 e. The van der Waals surface area contributed by atoms with Crippen LogP contribution in [0.1, 0.15) is 31.9 Å². The number of hydrogen-bond donors (Lipinski definition) is 1. The molecule has 0 atom stereocenters. The van der Waals surface area contributed by atoms with Gasteiger partial charge in [-0.25, -0.2) is 4.79 Å². The van der Waals surface area contributed by atoms with Crippen molar-refractivity contribution < 1.29 is 19.4 Å².